The van der Waals surface area contributed by atoms with Crippen LogP contribution in [0.5, 0.6) is 0 Å². The van der Waals surface area contributed by atoms with Gasteiger partial charge >= 0.3 is 0 Å². The van der Waals surface area contributed by atoms with E-state index < -0.39 is 0 Å². The van der Waals surface area contributed by atoms with E-state index in [1.165, 1.54) is 11.3 Å². The molecule has 0 saturated heterocycles. The lowest BCUT2D eigenvalue weighted by atomic mass is 10.2. The number of aromatic nitrogens is 1. The zero-order valence-electron chi connectivity index (χ0n) is 7.25. The van der Waals surface area contributed by atoms with Crippen molar-refractivity contribution in [3.05, 3.63) is 29.1 Å². The first-order chi connectivity index (χ1) is 5.79. The normalized spacial score (nSPS) is 16.5. The summed E-state index contributed by atoms with van der Waals surface area (Å²) in [5.41, 5.74) is 9.19. The number of nitrogens with two attached hydrogens (primary N) is 1. The highest BCUT2D eigenvalue weighted by molar-refractivity contribution is 5.28. The van der Waals surface area contributed by atoms with Crippen molar-refractivity contribution in [3.8, 4) is 0 Å². The molecule has 0 unspecified atom stereocenters. The third-order valence-corrected chi connectivity index (χ3v) is 2.21. The van der Waals surface area contributed by atoms with Crippen molar-refractivity contribution >= 4 is 0 Å². The van der Waals surface area contributed by atoms with Gasteiger partial charge in [-0.05, 0) is 24.2 Å². The molecule has 2 rings (SSSR count). The average Bonchev–Trinajstić information content (AvgIpc) is 2.43. The molecule has 64 valence electrons. The first kappa shape index (κ1) is 7.71. The summed E-state index contributed by atoms with van der Waals surface area (Å²) < 4.78 is 0. The molecule has 1 aromatic rings. The minimum atomic E-state index is 0.587. The summed E-state index contributed by atoms with van der Waals surface area (Å²) in [7, 11) is 2.10. The van der Waals surface area contributed by atoms with Gasteiger partial charge in [-0.1, -0.05) is 0 Å². The van der Waals surface area contributed by atoms with Crippen LogP contribution in [0.2, 0.25) is 0 Å². The zero-order valence-corrected chi connectivity index (χ0v) is 7.25. The summed E-state index contributed by atoms with van der Waals surface area (Å²) in [6.07, 6.45) is 1.87. The van der Waals surface area contributed by atoms with E-state index in [9.17, 15) is 0 Å². The lowest BCUT2D eigenvalue weighted by Crippen LogP contribution is -2.07. The van der Waals surface area contributed by atoms with Gasteiger partial charge < -0.3 is 5.73 Å². The maximum atomic E-state index is 5.52. The van der Waals surface area contributed by atoms with Crippen LogP contribution in [0.25, 0.3) is 0 Å². The van der Waals surface area contributed by atoms with Gasteiger partial charge in [0.2, 0.25) is 0 Å². The lowest BCUT2D eigenvalue weighted by molar-refractivity contribution is 0.351. The van der Waals surface area contributed by atoms with Crippen LogP contribution in [0.15, 0.2) is 12.3 Å². The predicted octanol–water partition coefficient (Wildman–Crippen LogP) is 0.486. The Kier molecular flexibility index (Phi) is 1.83. The molecular weight excluding hydrogens is 150 g/mol. The maximum Gasteiger partial charge on any atom is 0.0589 e. The molecule has 2 heterocycles. The van der Waals surface area contributed by atoms with Gasteiger partial charge in [-0.15, -0.1) is 0 Å². The van der Waals surface area contributed by atoms with Crippen molar-refractivity contribution in [3.63, 3.8) is 0 Å². The van der Waals surface area contributed by atoms with Crippen LogP contribution in [0.1, 0.15) is 16.8 Å². The Morgan fingerprint density at radius 3 is 3.17 bits per heavy atom. The van der Waals surface area contributed by atoms with E-state index in [0.29, 0.717) is 6.54 Å². The van der Waals surface area contributed by atoms with Gasteiger partial charge in [-0.3, -0.25) is 9.88 Å². The molecule has 0 saturated carbocycles. The highest BCUT2D eigenvalue weighted by atomic mass is 15.1. The van der Waals surface area contributed by atoms with E-state index in [1.54, 1.807) is 0 Å². The van der Waals surface area contributed by atoms with Crippen LogP contribution >= 0.6 is 0 Å². The van der Waals surface area contributed by atoms with Crippen LogP contribution in [-0.2, 0) is 19.6 Å². The molecule has 12 heavy (non-hydrogen) atoms. The molecule has 3 nitrogen and oxygen atoms in total. The topological polar surface area (TPSA) is 42.1 Å². The number of hydrogen-bond donors (Lipinski definition) is 1. The second-order valence-electron chi connectivity index (χ2n) is 3.33. The second kappa shape index (κ2) is 2.84. The fourth-order valence-corrected chi connectivity index (χ4v) is 1.58. The van der Waals surface area contributed by atoms with Gasteiger partial charge in [0.1, 0.15) is 0 Å². The van der Waals surface area contributed by atoms with Crippen LogP contribution in [-0.4, -0.2) is 16.9 Å². The summed E-state index contributed by atoms with van der Waals surface area (Å²) in [6, 6.07) is 2.16. The van der Waals surface area contributed by atoms with Crippen LogP contribution < -0.4 is 5.73 Å². The quantitative estimate of drug-likeness (QED) is 0.655. The Morgan fingerprint density at radius 1 is 1.58 bits per heavy atom. The molecule has 0 spiro atoms. The molecule has 0 atom stereocenters. The van der Waals surface area contributed by atoms with Gasteiger partial charge in [0.25, 0.3) is 0 Å². The van der Waals surface area contributed by atoms with E-state index in [2.05, 4.69) is 23.0 Å². The van der Waals surface area contributed by atoms with Crippen molar-refractivity contribution in [2.75, 3.05) is 7.05 Å². The van der Waals surface area contributed by atoms with Gasteiger partial charge in [0.05, 0.1) is 5.69 Å². The summed E-state index contributed by atoms with van der Waals surface area (Å²) >= 11 is 0. The molecule has 1 aromatic heterocycles. The first-order valence-corrected chi connectivity index (χ1v) is 4.15. The van der Waals surface area contributed by atoms with E-state index in [4.69, 9.17) is 5.73 Å². The fourth-order valence-electron chi connectivity index (χ4n) is 1.58. The van der Waals surface area contributed by atoms with E-state index in [-0.39, 0.29) is 0 Å². The largest absolute Gasteiger partial charge is 0.326 e. The Labute approximate surface area is 72.2 Å². The van der Waals surface area contributed by atoms with Crippen LogP contribution in [0.4, 0.5) is 0 Å². The summed E-state index contributed by atoms with van der Waals surface area (Å²) in [5.74, 6) is 0. The van der Waals surface area contributed by atoms with Gasteiger partial charge in [-0.2, -0.15) is 0 Å². The number of pyridine rings is 1. The summed E-state index contributed by atoms with van der Waals surface area (Å²) in [6.45, 7) is 2.57. The monoisotopic (exact) mass is 163 g/mol. The zero-order chi connectivity index (χ0) is 8.55. The van der Waals surface area contributed by atoms with Crippen LogP contribution in [0.3, 0.4) is 0 Å². The maximum absolute atomic E-state index is 5.52. The minimum absolute atomic E-state index is 0.587. The van der Waals surface area contributed by atoms with E-state index in [0.717, 1.165) is 18.7 Å². The molecule has 2 N–H and O–H groups in total. The fraction of sp³-hybridized carbons (Fsp3) is 0.444. The van der Waals surface area contributed by atoms with Gasteiger partial charge in [-0.25, -0.2) is 0 Å². The Bertz CT molecular complexity index is 296. The van der Waals surface area contributed by atoms with Crippen molar-refractivity contribution in [2.24, 2.45) is 5.73 Å². The first-order valence-electron chi connectivity index (χ1n) is 4.15. The van der Waals surface area contributed by atoms with Crippen molar-refractivity contribution in [2.45, 2.75) is 19.6 Å². The second-order valence-corrected chi connectivity index (χ2v) is 3.33. The summed E-state index contributed by atoms with van der Waals surface area (Å²) in [4.78, 5) is 6.61. The summed E-state index contributed by atoms with van der Waals surface area (Å²) in [5, 5.41) is 0. The lowest BCUT2D eigenvalue weighted by Gasteiger charge is -2.02. The van der Waals surface area contributed by atoms with Crippen molar-refractivity contribution in [1.82, 2.24) is 9.88 Å². The van der Waals surface area contributed by atoms with E-state index in [1.807, 2.05) is 6.20 Å². The Balaban J connectivity index is 2.35. The molecule has 0 radical (unpaired) electrons. The number of rotatable bonds is 1. The molecular formula is C9H13N3. The minimum Gasteiger partial charge on any atom is -0.326 e. The number of fused-ring (bicyclic) bond motifs is 1. The van der Waals surface area contributed by atoms with Gasteiger partial charge in [0.15, 0.2) is 0 Å². The van der Waals surface area contributed by atoms with Crippen LogP contribution in [0, 0.1) is 0 Å². The number of nitrogens with zero attached hydrogens (tertiary/aromatic N) is 2. The standard InChI is InChI=1S/C9H13N3/c1-12-5-8-2-7(3-10)4-11-9(8)6-12/h2,4H,3,5-6,10H2,1H3. The molecule has 3 heteroatoms. The molecule has 0 bridgehead atoms. The van der Waals surface area contributed by atoms with Crippen molar-refractivity contribution in [1.29, 1.82) is 0 Å². The smallest absolute Gasteiger partial charge is 0.0589 e. The molecule has 1 aliphatic rings. The molecule has 1 aliphatic heterocycles. The molecule has 0 amide bonds. The Hall–Kier alpha value is -0.930. The third-order valence-electron chi connectivity index (χ3n) is 2.21. The van der Waals surface area contributed by atoms with Crippen molar-refractivity contribution < 1.29 is 0 Å². The van der Waals surface area contributed by atoms with Gasteiger partial charge in [0, 0.05) is 25.8 Å². The molecule has 0 aromatic carbocycles. The Morgan fingerprint density at radius 2 is 2.42 bits per heavy atom. The predicted molar refractivity (Wildman–Crippen MR) is 47.3 cm³/mol. The average molecular weight is 163 g/mol. The van der Waals surface area contributed by atoms with E-state index >= 15 is 0 Å². The number of hydrogen-bond acceptors (Lipinski definition) is 3. The highest BCUT2D eigenvalue weighted by Gasteiger charge is 2.16. The third kappa shape index (κ3) is 1.21. The molecule has 0 fully saturated rings. The molecule has 0 aliphatic carbocycles. The highest BCUT2D eigenvalue weighted by Crippen LogP contribution is 2.19. The SMILES string of the molecule is CN1Cc2cc(CN)cnc2C1.